The number of H-pyrrole nitrogens is 1. The molecule has 24 heavy (non-hydrogen) atoms. The molecule has 0 spiro atoms. The number of benzene rings is 1. The van der Waals surface area contributed by atoms with Crippen molar-refractivity contribution >= 4 is 11.8 Å². The predicted octanol–water partition coefficient (Wildman–Crippen LogP) is 3.72. The van der Waals surface area contributed by atoms with Crippen LogP contribution in [0, 0.1) is 12.7 Å². The second kappa shape index (κ2) is 6.43. The number of esters is 1. The number of aromatic nitrogens is 1. The van der Waals surface area contributed by atoms with Crippen LogP contribution in [0.4, 0.5) is 4.39 Å². The Morgan fingerprint density at radius 2 is 2.08 bits per heavy atom. The average molecular weight is 327 g/mol. The molecule has 3 rings (SSSR count). The molecule has 0 radical (unpaired) electrons. The average Bonchev–Trinajstić information content (AvgIpc) is 2.90. The maximum atomic E-state index is 13.1. The quantitative estimate of drug-likeness (QED) is 0.688. The van der Waals surface area contributed by atoms with Gasteiger partial charge in [0.1, 0.15) is 18.1 Å². The van der Waals surface area contributed by atoms with E-state index in [1.807, 2.05) is 0 Å². The molecule has 0 fully saturated rings. The Morgan fingerprint density at radius 1 is 1.38 bits per heavy atom. The molecule has 2 aromatic rings. The highest BCUT2D eigenvalue weighted by Gasteiger charge is 2.32. The van der Waals surface area contributed by atoms with Crippen molar-refractivity contribution in [2.45, 2.75) is 25.7 Å². The van der Waals surface area contributed by atoms with Gasteiger partial charge in [-0.3, -0.25) is 4.79 Å². The number of carbonyl (C=O) groups excluding carboxylic acids is 2. The maximum absolute atomic E-state index is 13.1. The van der Waals surface area contributed by atoms with Gasteiger partial charge in [0.15, 0.2) is 5.78 Å². The van der Waals surface area contributed by atoms with E-state index in [2.05, 4.69) is 11.6 Å². The number of Topliss-reactive ketones (excluding diaryl/α,β-unsaturated/α-hetero) is 1. The zero-order chi connectivity index (χ0) is 17.3. The zero-order valence-corrected chi connectivity index (χ0v) is 13.4. The van der Waals surface area contributed by atoms with Crippen molar-refractivity contribution in [1.82, 2.24) is 4.98 Å². The molecule has 1 heterocycles. The van der Waals surface area contributed by atoms with Gasteiger partial charge in [-0.25, -0.2) is 9.18 Å². The lowest BCUT2D eigenvalue weighted by Crippen LogP contribution is -2.18. The molecule has 1 aliphatic rings. The monoisotopic (exact) mass is 327 g/mol. The number of ketones is 1. The summed E-state index contributed by atoms with van der Waals surface area (Å²) in [6, 6.07) is 6.20. The van der Waals surface area contributed by atoms with Crippen LogP contribution < -0.4 is 0 Å². The molecular weight excluding hydrogens is 309 g/mol. The number of hydrogen-bond donors (Lipinski definition) is 1. The van der Waals surface area contributed by atoms with E-state index in [-0.39, 0.29) is 24.1 Å². The fourth-order valence-electron chi connectivity index (χ4n) is 3.21. The van der Waals surface area contributed by atoms with E-state index >= 15 is 0 Å². The number of hydrogen-bond acceptors (Lipinski definition) is 3. The second-order valence-electron chi connectivity index (χ2n) is 5.95. The molecule has 1 aromatic heterocycles. The van der Waals surface area contributed by atoms with Gasteiger partial charge in [0.05, 0.1) is 0 Å². The van der Waals surface area contributed by atoms with E-state index in [9.17, 15) is 14.0 Å². The first-order valence-electron chi connectivity index (χ1n) is 7.79. The normalized spacial score (nSPS) is 16.6. The van der Waals surface area contributed by atoms with Crippen LogP contribution in [0.15, 0.2) is 36.9 Å². The number of fused-ring (bicyclic) bond motifs is 1. The SMILES string of the molecule is C=CCOC(=O)c1[nH]c2c(c1C)C(=O)C[C@H](c1ccc(F)cc1)C2. The first kappa shape index (κ1) is 16.2. The summed E-state index contributed by atoms with van der Waals surface area (Å²) in [5.74, 6) is -0.833. The van der Waals surface area contributed by atoms with Gasteiger partial charge in [0, 0.05) is 17.7 Å². The molecule has 0 saturated carbocycles. The second-order valence-corrected chi connectivity index (χ2v) is 5.95. The number of rotatable bonds is 4. The Balaban J connectivity index is 1.90. The smallest absolute Gasteiger partial charge is 0.355 e. The third kappa shape index (κ3) is 2.89. The summed E-state index contributed by atoms with van der Waals surface area (Å²) in [4.78, 5) is 27.7. The third-order valence-corrected chi connectivity index (χ3v) is 4.37. The van der Waals surface area contributed by atoms with Crippen molar-refractivity contribution in [3.8, 4) is 0 Å². The topological polar surface area (TPSA) is 59.2 Å². The molecule has 1 atom stereocenters. The van der Waals surface area contributed by atoms with Gasteiger partial charge < -0.3 is 9.72 Å². The van der Waals surface area contributed by atoms with Crippen LogP contribution in [-0.4, -0.2) is 23.3 Å². The molecule has 0 unspecified atom stereocenters. The highest BCUT2D eigenvalue weighted by molar-refractivity contribution is 6.03. The van der Waals surface area contributed by atoms with Gasteiger partial charge >= 0.3 is 5.97 Å². The van der Waals surface area contributed by atoms with E-state index in [0.29, 0.717) is 29.7 Å². The molecule has 4 nitrogen and oxygen atoms in total. The Morgan fingerprint density at radius 3 is 2.75 bits per heavy atom. The molecule has 1 N–H and O–H groups in total. The molecule has 0 amide bonds. The molecular formula is C19H18FNO3. The lowest BCUT2D eigenvalue weighted by Gasteiger charge is -2.22. The van der Waals surface area contributed by atoms with Gasteiger partial charge in [-0.1, -0.05) is 24.8 Å². The minimum Gasteiger partial charge on any atom is -0.457 e. The highest BCUT2D eigenvalue weighted by atomic mass is 19.1. The van der Waals surface area contributed by atoms with Crippen LogP contribution in [0.5, 0.6) is 0 Å². The zero-order valence-electron chi connectivity index (χ0n) is 13.4. The van der Waals surface area contributed by atoms with Gasteiger partial charge in [0.25, 0.3) is 0 Å². The molecule has 124 valence electrons. The molecule has 5 heteroatoms. The summed E-state index contributed by atoms with van der Waals surface area (Å²) in [6.45, 7) is 5.37. The molecule has 1 aromatic carbocycles. The van der Waals surface area contributed by atoms with E-state index in [0.717, 1.165) is 11.3 Å². The van der Waals surface area contributed by atoms with Gasteiger partial charge in [-0.05, 0) is 42.5 Å². The van der Waals surface area contributed by atoms with Gasteiger partial charge in [-0.2, -0.15) is 0 Å². The number of halogens is 1. The lowest BCUT2D eigenvalue weighted by atomic mass is 9.81. The van der Waals surface area contributed by atoms with Crippen molar-refractivity contribution < 1.29 is 18.7 Å². The predicted molar refractivity (Wildman–Crippen MR) is 87.8 cm³/mol. The van der Waals surface area contributed by atoms with E-state index in [4.69, 9.17) is 4.74 Å². The van der Waals surface area contributed by atoms with Crippen molar-refractivity contribution in [2.24, 2.45) is 0 Å². The Hall–Kier alpha value is -2.69. The summed E-state index contributed by atoms with van der Waals surface area (Å²) in [5, 5.41) is 0. The Kier molecular flexibility index (Phi) is 4.34. The van der Waals surface area contributed by atoms with Crippen molar-refractivity contribution in [3.05, 3.63) is 70.8 Å². The summed E-state index contributed by atoms with van der Waals surface area (Å²) in [5.41, 5.74) is 3.18. The molecule has 0 saturated heterocycles. The summed E-state index contributed by atoms with van der Waals surface area (Å²) >= 11 is 0. The Labute approximate surface area is 139 Å². The number of aromatic amines is 1. The first-order chi connectivity index (χ1) is 11.5. The number of ether oxygens (including phenoxy) is 1. The Bertz CT molecular complexity index is 805. The van der Waals surface area contributed by atoms with E-state index in [1.54, 1.807) is 19.1 Å². The van der Waals surface area contributed by atoms with E-state index < -0.39 is 5.97 Å². The summed E-state index contributed by atoms with van der Waals surface area (Å²) < 4.78 is 18.1. The van der Waals surface area contributed by atoms with Crippen LogP contribution in [0.1, 0.15) is 50.0 Å². The van der Waals surface area contributed by atoms with Crippen LogP contribution in [-0.2, 0) is 11.2 Å². The first-order valence-corrected chi connectivity index (χ1v) is 7.79. The van der Waals surface area contributed by atoms with Crippen molar-refractivity contribution in [1.29, 1.82) is 0 Å². The molecule has 0 bridgehead atoms. The fraction of sp³-hybridized carbons (Fsp3) is 0.263. The minimum atomic E-state index is -0.493. The largest absolute Gasteiger partial charge is 0.457 e. The van der Waals surface area contributed by atoms with Gasteiger partial charge in [0.2, 0.25) is 0 Å². The maximum Gasteiger partial charge on any atom is 0.355 e. The number of carbonyl (C=O) groups is 2. The lowest BCUT2D eigenvalue weighted by molar-refractivity contribution is 0.0542. The van der Waals surface area contributed by atoms with Crippen LogP contribution in [0.3, 0.4) is 0 Å². The third-order valence-electron chi connectivity index (χ3n) is 4.37. The summed E-state index contributed by atoms with van der Waals surface area (Å²) in [7, 11) is 0. The van der Waals surface area contributed by atoms with Crippen LogP contribution in [0.25, 0.3) is 0 Å². The minimum absolute atomic E-state index is 0.0119. The highest BCUT2D eigenvalue weighted by Crippen LogP contribution is 2.35. The van der Waals surface area contributed by atoms with Crippen molar-refractivity contribution in [3.63, 3.8) is 0 Å². The standard InChI is InChI=1S/C19H18FNO3/c1-3-8-24-19(23)18-11(2)17-15(21-18)9-13(10-16(17)22)12-4-6-14(20)7-5-12/h3-7,13,21H,1,8-10H2,2H3/t13-/m1/s1. The van der Waals surface area contributed by atoms with Crippen LogP contribution >= 0.6 is 0 Å². The molecule has 0 aliphatic heterocycles. The number of nitrogens with one attached hydrogen (secondary N) is 1. The summed E-state index contributed by atoms with van der Waals surface area (Å²) in [6.07, 6.45) is 2.44. The van der Waals surface area contributed by atoms with Crippen molar-refractivity contribution in [2.75, 3.05) is 6.61 Å². The van der Waals surface area contributed by atoms with Crippen LogP contribution in [0.2, 0.25) is 0 Å². The van der Waals surface area contributed by atoms with Gasteiger partial charge in [-0.15, -0.1) is 0 Å². The van der Waals surface area contributed by atoms with E-state index in [1.165, 1.54) is 18.2 Å². The molecule has 1 aliphatic carbocycles. The fourth-order valence-corrected chi connectivity index (χ4v) is 3.21.